The topological polar surface area (TPSA) is 21.3 Å². The highest BCUT2D eigenvalue weighted by atomic mass is 16.5. The molecule has 1 atom stereocenters. The van der Waals surface area contributed by atoms with Crippen LogP contribution in [0.25, 0.3) is 0 Å². The van der Waals surface area contributed by atoms with Crippen molar-refractivity contribution in [3.8, 4) is 5.75 Å². The lowest BCUT2D eigenvalue weighted by molar-refractivity contribution is 0.239. The molecule has 2 aliphatic rings. The molecular formula is C17H23NO. The van der Waals surface area contributed by atoms with Gasteiger partial charge in [-0.15, -0.1) is 0 Å². The molecule has 3 rings (SSSR count). The minimum Gasteiger partial charge on any atom is -0.493 e. The highest BCUT2D eigenvalue weighted by Crippen LogP contribution is 2.21. The standard InChI is InChI=1S/C17H23NO/c1-2-4-15(5-3-1)13-19-17-10-6-14(7-11-17)12-18-16-8-9-16/h1-2,6-7,10-11,15-16,18H,3-5,8-9,12-13H2/t15-/m1/s1. The Kier molecular flexibility index (Phi) is 4.19. The van der Waals surface area contributed by atoms with Gasteiger partial charge in [-0.2, -0.15) is 0 Å². The van der Waals surface area contributed by atoms with E-state index in [2.05, 4.69) is 41.7 Å². The number of allylic oxidation sites excluding steroid dienone is 2. The second-order valence-corrected chi connectivity index (χ2v) is 5.76. The van der Waals surface area contributed by atoms with Crippen LogP contribution in [0.1, 0.15) is 37.7 Å². The van der Waals surface area contributed by atoms with E-state index in [4.69, 9.17) is 4.74 Å². The van der Waals surface area contributed by atoms with Crippen molar-refractivity contribution < 1.29 is 4.74 Å². The van der Waals surface area contributed by atoms with Gasteiger partial charge in [-0.05, 0) is 55.7 Å². The summed E-state index contributed by atoms with van der Waals surface area (Å²) < 4.78 is 5.88. The van der Waals surface area contributed by atoms with Crippen molar-refractivity contribution in [3.05, 3.63) is 42.0 Å². The molecule has 1 aromatic carbocycles. The van der Waals surface area contributed by atoms with E-state index < -0.39 is 0 Å². The highest BCUT2D eigenvalue weighted by Gasteiger charge is 2.19. The van der Waals surface area contributed by atoms with Gasteiger partial charge < -0.3 is 10.1 Å². The Morgan fingerprint density at radius 1 is 1.05 bits per heavy atom. The van der Waals surface area contributed by atoms with Gasteiger partial charge in [0.2, 0.25) is 0 Å². The Labute approximate surface area is 115 Å². The molecule has 1 aromatic rings. The van der Waals surface area contributed by atoms with E-state index in [1.807, 2.05) is 0 Å². The normalized spacial score (nSPS) is 22.4. The predicted octanol–water partition coefficient (Wildman–Crippen LogP) is 3.67. The van der Waals surface area contributed by atoms with Crippen LogP contribution < -0.4 is 10.1 Å². The lowest BCUT2D eigenvalue weighted by Crippen LogP contribution is -2.15. The largest absolute Gasteiger partial charge is 0.493 e. The molecular weight excluding hydrogens is 234 g/mol. The van der Waals surface area contributed by atoms with Gasteiger partial charge in [0.1, 0.15) is 5.75 Å². The quantitative estimate of drug-likeness (QED) is 0.785. The molecule has 2 aliphatic carbocycles. The summed E-state index contributed by atoms with van der Waals surface area (Å²) in [6, 6.07) is 9.32. The molecule has 0 unspecified atom stereocenters. The highest BCUT2D eigenvalue weighted by molar-refractivity contribution is 5.27. The smallest absolute Gasteiger partial charge is 0.119 e. The van der Waals surface area contributed by atoms with Crippen molar-refractivity contribution in [2.24, 2.45) is 5.92 Å². The Morgan fingerprint density at radius 2 is 1.89 bits per heavy atom. The average Bonchev–Trinajstić information content (AvgIpc) is 3.29. The Bertz CT molecular complexity index is 419. The fourth-order valence-corrected chi connectivity index (χ4v) is 2.47. The molecule has 2 nitrogen and oxygen atoms in total. The van der Waals surface area contributed by atoms with Crippen molar-refractivity contribution >= 4 is 0 Å². The van der Waals surface area contributed by atoms with Gasteiger partial charge in [0.15, 0.2) is 0 Å². The van der Waals surface area contributed by atoms with Crippen LogP contribution in [0.2, 0.25) is 0 Å². The van der Waals surface area contributed by atoms with E-state index in [1.54, 1.807) is 0 Å². The third-order valence-corrected chi connectivity index (χ3v) is 3.96. The molecule has 0 heterocycles. The summed E-state index contributed by atoms with van der Waals surface area (Å²) in [5.41, 5.74) is 1.35. The zero-order valence-electron chi connectivity index (χ0n) is 11.5. The molecule has 0 aliphatic heterocycles. The van der Waals surface area contributed by atoms with Gasteiger partial charge in [-0.1, -0.05) is 24.3 Å². The number of hydrogen-bond donors (Lipinski definition) is 1. The molecule has 1 saturated carbocycles. The molecule has 0 bridgehead atoms. The fourth-order valence-electron chi connectivity index (χ4n) is 2.47. The van der Waals surface area contributed by atoms with E-state index in [0.717, 1.165) is 24.9 Å². The Balaban J connectivity index is 1.43. The molecule has 102 valence electrons. The summed E-state index contributed by atoms with van der Waals surface area (Å²) in [4.78, 5) is 0. The monoisotopic (exact) mass is 257 g/mol. The van der Waals surface area contributed by atoms with Crippen LogP contribution >= 0.6 is 0 Å². The maximum atomic E-state index is 5.88. The molecule has 0 spiro atoms. The summed E-state index contributed by atoms with van der Waals surface area (Å²) in [7, 11) is 0. The molecule has 0 aromatic heterocycles. The summed E-state index contributed by atoms with van der Waals surface area (Å²) in [5, 5.41) is 3.53. The summed E-state index contributed by atoms with van der Waals surface area (Å²) in [6.07, 6.45) is 10.9. The van der Waals surface area contributed by atoms with Crippen molar-refractivity contribution in [2.45, 2.75) is 44.7 Å². The first kappa shape index (κ1) is 12.7. The molecule has 1 N–H and O–H groups in total. The second-order valence-electron chi connectivity index (χ2n) is 5.76. The first-order valence-electron chi connectivity index (χ1n) is 7.50. The van der Waals surface area contributed by atoms with E-state index in [9.17, 15) is 0 Å². The first-order valence-corrected chi connectivity index (χ1v) is 7.50. The zero-order chi connectivity index (χ0) is 12.9. The van der Waals surface area contributed by atoms with Crippen LogP contribution in [0, 0.1) is 5.92 Å². The summed E-state index contributed by atoms with van der Waals surface area (Å²) in [6.45, 7) is 1.84. The van der Waals surface area contributed by atoms with Crippen molar-refractivity contribution in [2.75, 3.05) is 6.61 Å². The molecule has 19 heavy (non-hydrogen) atoms. The number of rotatable bonds is 6. The second kappa shape index (κ2) is 6.25. The van der Waals surface area contributed by atoms with E-state index in [-0.39, 0.29) is 0 Å². The predicted molar refractivity (Wildman–Crippen MR) is 78.3 cm³/mol. The van der Waals surface area contributed by atoms with Crippen molar-refractivity contribution in [1.29, 1.82) is 0 Å². The SMILES string of the molecule is C1=CC[C@@H](COc2ccc(CNC3CC3)cc2)CC1. The summed E-state index contributed by atoms with van der Waals surface area (Å²) in [5.74, 6) is 1.70. The van der Waals surface area contributed by atoms with E-state index >= 15 is 0 Å². The van der Waals surface area contributed by atoms with Crippen LogP contribution in [-0.4, -0.2) is 12.6 Å². The number of benzene rings is 1. The third kappa shape index (κ3) is 4.10. The number of hydrogen-bond acceptors (Lipinski definition) is 2. The van der Waals surface area contributed by atoms with Crippen molar-refractivity contribution in [3.63, 3.8) is 0 Å². The van der Waals surface area contributed by atoms with Crippen LogP contribution in [-0.2, 0) is 6.54 Å². The lowest BCUT2D eigenvalue weighted by Gasteiger charge is -2.18. The van der Waals surface area contributed by atoms with E-state index in [0.29, 0.717) is 5.92 Å². The van der Waals surface area contributed by atoms with Crippen LogP contribution in [0.5, 0.6) is 5.75 Å². The van der Waals surface area contributed by atoms with Gasteiger partial charge in [0.25, 0.3) is 0 Å². The molecule has 0 saturated heterocycles. The van der Waals surface area contributed by atoms with Gasteiger partial charge in [0.05, 0.1) is 6.61 Å². The van der Waals surface area contributed by atoms with Crippen molar-refractivity contribution in [1.82, 2.24) is 5.32 Å². The minimum absolute atomic E-state index is 0.696. The minimum atomic E-state index is 0.696. The Hall–Kier alpha value is -1.28. The summed E-state index contributed by atoms with van der Waals surface area (Å²) >= 11 is 0. The Morgan fingerprint density at radius 3 is 2.58 bits per heavy atom. The van der Waals surface area contributed by atoms with Crippen LogP contribution in [0.3, 0.4) is 0 Å². The maximum Gasteiger partial charge on any atom is 0.119 e. The van der Waals surface area contributed by atoms with E-state index in [1.165, 1.54) is 37.7 Å². The zero-order valence-corrected chi connectivity index (χ0v) is 11.5. The number of nitrogens with one attached hydrogen (secondary N) is 1. The molecule has 0 radical (unpaired) electrons. The van der Waals surface area contributed by atoms with Gasteiger partial charge >= 0.3 is 0 Å². The molecule has 2 heteroatoms. The average molecular weight is 257 g/mol. The lowest BCUT2D eigenvalue weighted by atomic mass is 9.95. The molecule has 0 amide bonds. The van der Waals surface area contributed by atoms with Crippen LogP contribution in [0.4, 0.5) is 0 Å². The first-order chi connectivity index (χ1) is 9.40. The molecule has 1 fully saturated rings. The van der Waals surface area contributed by atoms with Gasteiger partial charge in [-0.25, -0.2) is 0 Å². The van der Waals surface area contributed by atoms with Crippen LogP contribution in [0.15, 0.2) is 36.4 Å². The number of ether oxygens (including phenoxy) is 1. The van der Waals surface area contributed by atoms with Gasteiger partial charge in [-0.3, -0.25) is 0 Å². The third-order valence-electron chi connectivity index (χ3n) is 3.96. The fraction of sp³-hybridized carbons (Fsp3) is 0.529. The van der Waals surface area contributed by atoms with Gasteiger partial charge in [0, 0.05) is 12.6 Å². The maximum absolute atomic E-state index is 5.88.